The van der Waals surface area contributed by atoms with Crippen LogP contribution in [-0.4, -0.2) is 61.0 Å². The maximum absolute atomic E-state index is 12.3. The number of nitrogens with zero attached hydrogens (tertiary/aromatic N) is 2. The lowest BCUT2D eigenvalue weighted by molar-refractivity contribution is 0.0502. The van der Waals surface area contributed by atoms with E-state index in [0.717, 1.165) is 49.3 Å². The average Bonchev–Trinajstić information content (AvgIpc) is 2.63. The molecule has 0 radical (unpaired) electrons. The van der Waals surface area contributed by atoms with Gasteiger partial charge < -0.3 is 10.2 Å². The van der Waals surface area contributed by atoms with E-state index in [1.165, 1.54) is 0 Å². The van der Waals surface area contributed by atoms with Gasteiger partial charge in [-0.2, -0.15) is 0 Å². The van der Waals surface area contributed by atoms with Gasteiger partial charge in [0.1, 0.15) is 0 Å². The van der Waals surface area contributed by atoms with Gasteiger partial charge in [0.05, 0.1) is 0 Å². The number of amides is 1. The van der Waals surface area contributed by atoms with Crippen LogP contribution in [-0.2, 0) is 0 Å². The Bertz CT molecular complexity index is 558. The van der Waals surface area contributed by atoms with Crippen molar-refractivity contribution in [1.29, 1.82) is 0 Å². The van der Waals surface area contributed by atoms with Crippen molar-refractivity contribution in [2.45, 2.75) is 26.8 Å². The molecule has 144 valence electrons. The molecule has 2 aliphatic rings. The third-order valence-corrected chi connectivity index (χ3v) is 4.51. The topological polar surface area (TPSA) is 35.6 Å². The Kier molecular flexibility index (Phi) is 11.2. The summed E-state index contributed by atoms with van der Waals surface area (Å²) in [6.07, 6.45) is 3.63. The molecule has 0 aromatic heterocycles. The third-order valence-electron chi connectivity index (χ3n) is 4.25. The van der Waals surface area contributed by atoms with E-state index in [-0.39, 0.29) is 5.91 Å². The molecule has 2 saturated heterocycles. The van der Waals surface area contributed by atoms with Crippen LogP contribution in [0.4, 0.5) is 0 Å². The van der Waals surface area contributed by atoms with Crippen molar-refractivity contribution in [3.05, 3.63) is 59.1 Å². The van der Waals surface area contributed by atoms with E-state index in [1.54, 1.807) is 6.08 Å². The Morgan fingerprint density at radius 1 is 1.15 bits per heavy atom. The highest BCUT2D eigenvalue weighted by Crippen LogP contribution is 2.12. The van der Waals surface area contributed by atoms with Gasteiger partial charge in [0, 0.05) is 50.9 Å². The van der Waals surface area contributed by atoms with E-state index in [4.69, 9.17) is 0 Å². The second kappa shape index (κ2) is 12.8. The lowest BCUT2D eigenvalue weighted by Gasteiger charge is -2.43. The summed E-state index contributed by atoms with van der Waals surface area (Å²) in [5.74, 6) is 0.169. The minimum Gasteiger partial charge on any atom is -0.336 e. The average molecular weight is 422 g/mol. The SMILES string of the molecule is C=C/C=C(\C)Br.CC.O=C(c1ccccc1)N1CCN(C2CNC2)CC1. The molecular formula is C21H32BrN3O. The molecular weight excluding hydrogens is 390 g/mol. The molecule has 3 rings (SSSR count). The van der Waals surface area contributed by atoms with Crippen LogP contribution in [0.25, 0.3) is 0 Å². The molecule has 26 heavy (non-hydrogen) atoms. The molecule has 1 aromatic carbocycles. The van der Waals surface area contributed by atoms with Crippen molar-refractivity contribution >= 4 is 21.8 Å². The molecule has 0 saturated carbocycles. The molecule has 4 nitrogen and oxygen atoms in total. The molecule has 2 heterocycles. The number of hydrogen-bond donors (Lipinski definition) is 1. The molecule has 2 fully saturated rings. The van der Waals surface area contributed by atoms with Crippen molar-refractivity contribution in [2.24, 2.45) is 0 Å². The first-order valence-corrected chi connectivity index (χ1v) is 10.1. The zero-order valence-corrected chi connectivity index (χ0v) is 17.8. The molecule has 1 amide bonds. The number of nitrogens with one attached hydrogen (secondary N) is 1. The van der Waals surface area contributed by atoms with Crippen LogP contribution in [0.3, 0.4) is 0 Å². The van der Waals surface area contributed by atoms with Crippen LogP contribution in [0.2, 0.25) is 0 Å². The van der Waals surface area contributed by atoms with Crippen molar-refractivity contribution < 1.29 is 4.79 Å². The fraction of sp³-hybridized carbons (Fsp3) is 0.476. The summed E-state index contributed by atoms with van der Waals surface area (Å²) < 4.78 is 1.11. The van der Waals surface area contributed by atoms with Crippen LogP contribution in [0, 0.1) is 0 Å². The fourth-order valence-corrected chi connectivity index (χ4v) is 2.93. The van der Waals surface area contributed by atoms with E-state index in [1.807, 2.05) is 62.1 Å². The molecule has 0 spiro atoms. The van der Waals surface area contributed by atoms with Crippen LogP contribution in [0.15, 0.2) is 53.5 Å². The largest absolute Gasteiger partial charge is 0.336 e. The molecule has 1 N–H and O–H groups in total. The molecule has 0 atom stereocenters. The number of benzene rings is 1. The van der Waals surface area contributed by atoms with Crippen LogP contribution >= 0.6 is 15.9 Å². The van der Waals surface area contributed by atoms with Crippen molar-refractivity contribution in [3.63, 3.8) is 0 Å². The molecule has 2 aliphatic heterocycles. The zero-order valence-electron chi connectivity index (χ0n) is 16.2. The standard InChI is InChI=1S/C14H19N3O.C5H7Br.C2H6/c18-14(12-4-2-1-3-5-12)17-8-6-16(7-9-17)13-10-15-11-13;1-3-4-5(2)6;1-2/h1-5,13,15H,6-11H2;3-4H,1H2,2H3;1-2H3/b;5-4+;. The minimum atomic E-state index is 0.169. The van der Waals surface area contributed by atoms with Gasteiger partial charge >= 0.3 is 0 Å². The third kappa shape index (κ3) is 7.44. The highest BCUT2D eigenvalue weighted by atomic mass is 79.9. The minimum absolute atomic E-state index is 0.169. The highest BCUT2D eigenvalue weighted by Gasteiger charge is 2.29. The molecule has 1 aromatic rings. The van der Waals surface area contributed by atoms with Gasteiger partial charge in [-0.05, 0) is 23.5 Å². The number of hydrogen-bond acceptors (Lipinski definition) is 3. The summed E-state index contributed by atoms with van der Waals surface area (Å²) in [7, 11) is 0. The van der Waals surface area contributed by atoms with Crippen LogP contribution in [0.1, 0.15) is 31.1 Å². The monoisotopic (exact) mass is 421 g/mol. The number of halogens is 1. The maximum atomic E-state index is 12.3. The highest BCUT2D eigenvalue weighted by molar-refractivity contribution is 9.11. The molecule has 0 unspecified atom stereocenters. The van der Waals surface area contributed by atoms with Crippen LogP contribution in [0.5, 0.6) is 0 Å². The van der Waals surface area contributed by atoms with E-state index < -0.39 is 0 Å². The van der Waals surface area contributed by atoms with Crippen LogP contribution < -0.4 is 5.32 Å². The van der Waals surface area contributed by atoms with E-state index >= 15 is 0 Å². The predicted molar refractivity (Wildman–Crippen MR) is 115 cm³/mol. The van der Waals surface area contributed by atoms with Crippen molar-refractivity contribution in [2.75, 3.05) is 39.3 Å². The summed E-state index contributed by atoms with van der Waals surface area (Å²) in [5, 5.41) is 3.30. The number of piperazine rings is 1. The Hall–Kier alpha value is -1.43. The quantitative estimate of drug-likeness (QED) is 0.751. The predicted octanol–water partition coefficient (Wildman–Crippen LogP) is 3.91. The van der Waals surface area contributed by atoms with Gasteiger partial charge in [-0.1, -0.05) is 66.7 Å². The first kappa shape index (κ1) is 22.6. The van der Waals surface area contributed by atoms with Crippen molar-refractivity contribution in [1.82, 2.24) is 15.1 Å². The van der Waals surface area contributed by atoms with Gasteiger partial charge in [-0.3, -0.25) is 9.69 Å². The Morgan fingerprint density at radius 2 is 1.73 bits per heavy atom. The fourth-order valence-electron chi connectivity index (χ4n) is 2.75. The second-order valence-electron chi connectivity index (χ2n) is 6.00. The van der Waals surface area contributed by atoms with E-state index in [2.05, 4.69) is 32.7 Å². The van der Waals surface area contributed by atoms with E-state index in [9.17, 15) is 4.79 Å². The van der Waals surface area contributed by atoms with Gasteiger partial charge in [0.2, 0.25) is 0 Å². The molecule has 0 aliphatic carbocycles. The van der Waals surface area contributed by atoms with Gasteiger partial charge in [0.25, 0.3) is 5.91 Å². The second-order valence-corrected chi connectivity index (χ2v) is 7.25. The smallest absolute Gasteiger partial charge is 0.253 e. The Balaban J connectivity index is 0.000000363. The Morgan fingerprint density at radius 3 is 2.12 bits per heavy atom. The lowest BCUT2D eigenvalue weighted by Crippen LogP contribution is -2.62. The molecule has 0 bridgehead atoms. The van der Waals surface area contributed by atoms with Gasteiger partial charge in [-0.15, -0.1) is 0 Å². The zero-order chi connectivity index (χ0) is 19.4. The van der Waals surface area contributed by atoms with E-state index in [0.29, 0.717) is 6.04 Å². The maximum Gasteiger partial charge on any atom is 0.253 e. The number of rotatable bonds is 3. The van der Waals surface area contributed by atoms with Gasteiger partial charge in [0.15, 0.2) is 0 Å². The summed E-state index contributed by atoms with van der Waals surface area (Å²) in [5.41, 5.74) is 0.802. The summed E-state index contributed by atoms with van der Waals surface area (Å²) in [4.78, 5) is 16.7. The first-order valence-electron chi connectivity index (χ1n) is 9.35. The summed E-state index contributed by atoms with van der Waals surface area (Å²) >= 11 is 3.22. The number of allylic oxidation sites excluding steroid dienone is 3. The van der Waals surface area contributed by atoms with Crippen molar-refractivity contribution in [3.8, 4) is 0 Å². The lowest BCUT2D eigenvalue weighted by atomic mass is 10.1. The summed E-state index contributed by atoms with van der Waals surface area (Å²) in [6.45, 7) is 15.4. The first-order chi connectivity index (χ1) is 12.6. The Labute approximate surface area is 167 Å². The molecule has 5 heteroatoms. The number of carbonyl (C=O) groups is 1. The van der Waals surface area contributed by atoms with Gasteiger partial charge in [-0.25, -0.2) is 0 Å². The summed E-state index contributed by atoms with van der Waals surface area (Å²) in [6, 6.07) is 10.3. The normalized spacial score (nSPS) is 17.8. The number of carbonyl (C=O) groups excluding carboxylic acids is 1.